The topological polar surface area (TPSA) is 83.8 Å². The number of piperidine rings is 2. The molecule has 25 heavy (non-hydrogen) atoms. The summed E-state index contributed by atoms with van der Waals surface area (Å²) in [4.78, 5) is 13.1. The van der Waals surface area contributed by atoms with E-state index in [1.165, 1.54) is 16.4 Å². The van der Waals surface area contributed by atoms with E-state index < -0.39 is 14.9 Å². The van der Waals surface area contributed by atoms with Crippen LogP contribution in [0.5, 0.6) is 0 Å². The van der Waals surface area contributed by atoms with Gasteiger partial charge >= 0.3 is 0 Å². The van der Waals surface area contributed by atoms with Crippen LogP contribution in [0.15, 0.2) is 23.1 Å². The normalized spacial score (nSPS) is 22.8. The Labute approximate surface area is 148 Å². The van der Waals surface area contributed by atoms with E-state index in [9.17, 15) is 18.5 Å². The van der Waals surface area contributed by atoms with Crippen molar-refractivity contribution in [1.29, 1.82) is 0 Å². The van der Waals surface area contributed by atoms with Gasteiger partial charge in [-0.25, -0.2) is 8.42 Å². The molecule has 0 aromatic heterocycles. The van der Waals surface area contributed by atoms with Crippen LogP contribution in [0.4, 0.5) is 11.4 Å². The molecular weight excluding hydrogens is 342 g/mol. The third-order valence-corrected chi connectivity index (χ3v) is 6.99. The van der Waals surface area contributed by atoms with Crippen LogP contribution in [0, 0.1) is 16.0 Å². The first-order chi connectivity index (χ1) is 11.9. The number of hydrogen-bond donors (Lipinski definition) is 0. The van der Waals surface area contributed by atoms with Gasteiger partial charge in [-0.15, -0.1) is 0 Å². The number of nitro benzene ring substituents is 1. The van der Waals surface area contributed by atoms with Gasteiger partial charge in [0.1, 0.15) is 5.69 Å². The van der Waals surface area contributed by atoms with Gasteiger partial charge in [0.25, 0.3) is 5.69 Å². The van der Waals surface area contributed by atoms with Gasteiger partial charge in [0.05, 0.1) is 9.82 Å². The van der Waals surface area contributed by atoms with E-state index in [4.69, 9.17) is 0 Å². The Morgan fingerprint density at radius 3 is 2.48 bits per heavy atom. The summed E-state index contributed by atoms with van der Waals surface area (Å²) >= 11 is 0. The first-order valence-corrected chi connectivity index (χ1v) is 10.4. The maximum absolute atomic E-state index is 12.8. The lowest BCUT2D eigenvalue weighted by Crippen LogP contribution is -2.36. The van der Waals surface area contributed by atoms with E-state index in [1.54, 1.807) is 6.07 Å². The first-order valence-electron chi connectivity index (χ1n) is 8.93. The third-order valence-electron chi connectivity index (χ3n) is 5.09. The highest BCUT2D eigenvalue weighted by Gasteiger charge is 2.30. The minimum Gasteiger partial charge on any atom is -0.366 e. The third kappa shape index (κ3) is 3.79. The molecule has 0 bridgehead atoms. The summed E-state index contributed by atoms with van der Waals surface area (Å²) in [5.74, 6) is 0.477. The van der Waals surface area contributed by atoms with Crippen molar-refractivity contribution in [3.8, 4) is 0 Å². The van der Waals surface area contributed by atoms with Crippen LogP contribution in [-0.2, 0) is 10.0 Å². The Kier molecular flexibility index (Phi) is 5.29. The zero-order valence-electron chi connectivity index (χ0n) is 14.6. The summed E-state index contributed by atoms with van der Waals surface area (Å²) < 4.78 is 27.0. The van der Waals surface area contributed by atoms with Gasteiger partial charge < -0.3 is 4.90 Å². The average molecular weight is 367 g/mol. The van der Waals surface area contributed by atoms with Crippen molar-refractivity contribution in [3.05, 3.63) is 28.3 Å². The van der Waals surface area contributed by atoms with Crippen molar-refractivity contribution in [2.24, 2.45) is 5.92 Å². The van der Waals surface area contributed by atoms with E-state index >= 15 is 0 Å². The number of hydrogen-bond acceptors (Lipinski definition) is 5. The Morgan fingerprint density at radius 2 is 1.84 bits per heavy atom. The molecule has 2 aliphatic heterocycles. The largest absolute Gasteiger partial charge is 0.366 e. The standard InChI is InChI=1S/C17H25N3O4S/c1-14-6-5-9-18(13-14)16-8-7-15(12-17(16)20(21)22)25(23,24)19-10-3-2-4-11-19/h7-8,12,14H,2-6,9-11,13H2,1H3. The summed E-state index contributed by atoms with van der Waals surface area (Å²) in [5.41, 5.74) is 0.404. The van der Waals surface area contributed by atoms with Gasteiger partial charge in [-0.3, -0.25) is 10.1 Å². The SMILES string of the molecule is CC1CCCN(c2ccc(S(=O)(=O)N3CCCCC3)cc2[N+](=O)[O-])C1. The van der Waals surface area contributed by atoms with Crippen molar-refractivity contribution in [2.75, 3.05) is 31.1 Å². The highest BCUT2D eigenvalue weighted by molar-refractivity contribution is 7.89. The molecular formula is C17H25N3O4S. The van der Waals surface area contributed by atoms with E-state index in [0.717, 1.165) is 45.2 Å². The van der Waals surface area contributed by atoms with Gasteiger partial charge in [-0.2, -0.15) is 4.31 Å². The number of benzene rings is 1. The van der Waals surface area contributed by atoms with Crippen LogP contribution in [-0.4, -0.2) is 43.8 Å². The van der Waals surface area contributed by atoms with E-state index in [0.29, 0.717) is 24.7 Å². The molecule has 1 unspecified atom stereocenters. The van der Waals surface area contributed by atoms with Crippen molar-refractivity contribution in [2.45, 2.75) is 43.9 Å². The zero-order valence-corrected chi connectivity index (χ0v) is 15.4. The second-order valence-corrected chi connectivity index (χ2v) is 9.00. The van der Waals surface area contributed by atoms with Crippen LogP contribution in [0.3, 0.4) is 0 Å². The molecule has 3 rings (SSSR count). The molecule has 2 heterocycles. The van der Waals surface area contributed by atoms with E-state index in [1.807, 2.05) is 4.90 Å². The molecule has 0 amide bonds. The Balaban J connectivity index is 1.95. The lowest BCUT2D eigenvalue weighted by Gasteiger charge is -2.32. The summed E-state index contributed by atoms with van der Waals surface area (Å²) in [5, 5.41) is 11.6. The quantitative estimate of drug-likeness (QED) is 0.603. The predicted molar refractivity (Wildman–Crippen MR) is 96.3 cm³/mol. The number of rotatable bonds is 4. The maximum atomic E-state index is 12.8. The molecule has 1 atom stereocenters. The molecule has 2 fully saturated rings. The second-order valence-electron chi connectivity index (χ2n) is 7.07. The number of nitrogens with zero attached hydrogens (tertiary/aromatic N) is 3. The molecule has 1 aromatic carbocycles. The Hall–Kier alpha value is -1.67. The van der Waals surface area contributed by atoms with Crippen LogP contribution in [0.2, 0.25) is 0 Å². The summed E-state index contributed by atoms with van der Waals surface area (Å²) in [6.07, 6.45) is 4.81. The molecule has 2 saturated heterocycles. The fraction of sp³-hybridized carbons (Fsp3) is 0.647. The molecule has 0 saturated carbocycles. The summed E-state index contributed by atoms with van der Waals surface area (Å²) in [6, 6.07) is 4.36. The van der Waals surface area contributed by atoms with Gasteiger partial charge in [0.15, 0.2) is 0 Å². The molecule has 0 radical (unpaired) electrons. The zero-order chi connectivity index (χ0) is 18.0. The van der Waals surface area contributed by atoms with Crippen molar-refractivity contribution in [1.82, 2.24) is 4.31 Å². The van der Waals surface area contributed by atoms with Crippen LogP contribution in [0.1, 0.15) is 39.0 Å². The Morgan fingerprint density at radius 1 is 1.12 bits per heavy atom. The highest BCUT2D eigenvalue weighted by Crippen LogP contribution is 2.34. The molecule has 1 aromatic rings. The van der Waals surface area contributed by atoms with Gasteiger partial charge in [0, 0.05) is 32.2 Å². The van der Waals surface area contributed by atoms with Crippen LogP contribution < -0.4 is 4.90 Å². The molecule has 8 heteroatoms. The lowest BCUT2D eigenvalue weighted by atomic mass is 9.99. The molecule has 0 N–H and O–H groups in total. The highest BCUT2D eigenvalue weighted by atomic mass is 32.2. The minimum absolute atomic E-state index is 0.0231. The monoisotopic (exact) mass is 367 g/mol. The molecule has 0 spiro atoms. The summed E-state index contributed by atoms with van der Waals surface area (Å²) in [6.45, 7) is 4.64. The van der Waals surface area contributed by atoms with E-state index in [2.05, 4.69) is 6.92 Å². The minimum atomic E-state index is -3.67. The van der Waals surface area contributed by atoms with Gasteiger partial charge in [0.2, 0.25) is 10.0 Å². The number of anilines is 1. The van der Waals surface area contributed by atoms with E-state index in [-0.39, 0.29) is 10.6 Å². The van der Waals surface area contributed by atoms with Crippen molar-refractivity contribution >= 4 is 21.4 Å². The van der Waals surface area contributed by atoms with Gasteiger partial charge in [-0.05, 0) is 43.7 Å². The molecule has 7 nitrogen and oxygen atoms in total. The van der Waals surface area contributed by atoms with Crippen molar-refractivity contribution in [3.63, 3.8) is 0 Å². The average Bonchev–Trinajstić information content (AvgIpc) is 2.62. The molecule has 138 valence electrons. The maximum Gasteiger partial charge on any atom is 0.293 e. The number of sulfonamides is 1. The molecule has 0 aliphatic carbocycles. The molecule has 2 aliphatic rings. The smallest absolute Gasteiger partial charge is 0.293 e. The van der Waals surface area contributed by atoms with Crippen molar-refractivity contribution < 1.29 is 13.3 Å². The first kappa shape index (κ1) is 18.1. The summed E-state index contributed by atoms with van der Waals surface area (Å²) in [7, 11) is -3.67. The van der Waals surface area contributed by atoms with Gasteiger partial charge in [-0.1, -0.05) is 13.3 Å². The lowest BCUT2D eigenvalue weighted by molar-refractivity contribution is -0.384. The predicted octanol–water partition coefficient (Wildman–Crippen LogP) is 3.01. The fourth-order valence-electron chi connectivity index (χ4n) is 3.74. The Bertz CT molecular complexity index is 744. The number of nitro groups is 1. The van der Waals surface area contributed by atoms with Crippen LogP contribution >= 0.6 is 0 Å². The second kappa shape index (κ2) is 7.29. The fourth-order valence-corrected chi connectivity index (χ4v) is 5.28. The van der Waals surface area contributed by atoms with Crippen LogP contribution in [0.25, 0.3) is 0 Å².